The van der Waals surface area contributed by atoms with Gasteiger partial charge in [-0.25, -0.2) is 0 Å². The van der Waals surface area contributed by atoms with Crippen LogP contribution in [0.1, 0.15) is 29.2 Å². The molecule has 3 aromatic carbocycles. The maximum absolute atomic E-state index is 12.5. The lowest BCUT2D eigenvalue weighted by atomic mass is 9.86. The summed E-state index contributed by atoms with van der Waals surface area (Å²) in [5, 5.41) is 0. The summed E-state index contributed by atoms with van der Waals surface area (Å²) in [5.74, 6) is 0.0572. The van der Waals surface area contributed by atoms with Crippen LogP contribution in [0, 0.1) is 0 Å². The molecule has 2 nitrogen and oxygen atoms in total. The van der Waals surface area contributed by atoms with Crippen LogP contribution in [-0.2, 0) is 11.3 Å². The van der Waals surface area contributed by atoms with E-state index in [0.717, 1.165) is 22.4 Å². The van der Waals surface area contributed by atoms with Crippen molar-refractivity contribution in [2.75, 3.05) is 0 Å². The van der Waals surface area contributed by atoms with Gasteiger partial charge in [-0.3, -0.25) is 4.79 Å². The van der Waals surface area contributed by atoms with Crippen LogP contribution in [-0.4, -0.2) is 10.8 Å². The Morgan fingerprint density at radius 3 is 1.96 bits per heavy atom. The van der Waals surface area contributed by atoms with E-state index < -0.39 is 0 Å². The van der Waals surface area contributed by atoms with Crippen molar-refractivity contribution >= 4 is 17.2 Å². The van der Waals surface area contributed by atoms with Crippen molar-refractivity contribution in [3.05, 3.63) is 107 Å². The molecule has 0 unspecified atom stereocenters. The van der Waals surface area contributed by atoms with Crippen molar-refractivity contribution in [3.8, 4) is 0 Å². The van der Waals surface area contributed by atoms with Crippen LogP contribution in [0.3, 0.4) is 0 Å². The number of carbonyl (C=O) groups excluding carboxylic acids is 1. The predicted octanol–water partition coefficient (Wildman–Crippen LogP) is 4.97. The van der Waals surface area contributed by atoms with Gasteiger partial charge in [0.05, 0.1) is 12.2 Å². The van der Waals surface area contributed by atoms with Gasteiger partial charge < -0.3 is 4.90 Å². The first-order valence-electron chi connectivity index (χ1n) is 8.47. The van der Waals surface area contributed by atoms with Crippen molar-refractivity contribution < 1.29 is 4.79 Å². The highest BCUT2D eigenvalue weighted by Gasteiger charge is 2.28. The molecule has 4 rings (SSSR count). The standard InChI is InChI=1S/C23H19NO/c1-17(25)24-16-20-14-8-9-15-21(20)22(18-10-4-2-5-11-18)23(24)19-12-6-3-7-13-19/h2-15H,16H2,1H3. The van der Waals surface area contributed by atoms with E-state index in [-0.39, 0.29) is 5.91 Å². The largest absolute Gasteiger partial charge is 0.307 e. The van der Waals surface area contributed by atoms with Crippen LogP contribution in [0.25, 0.3) is 11.3 Å². The molecule has 1 aliphatic heterocycles. The average molecular weight is 325 g/mol. The average Bonchev–Trinajstić information content (AvgIpc) is 2.67. The molecule has 0 saturated heterocycles. The second-order valence-corrected chi connectivity index (χ2v) is 6.22. The minimum atomic E-state index is 0.0572. The van der Waals surface area contributed by atoms with Gasteiger partial charge in [0, 0.05) is 12.5 Å². The number of amides is 1. The van der Waals surface area contributed by atoms with Crippen LogP contribution in [0.5, 0.6) is 0 Å². The first kappa shape index (κ1) is 15.4. The molecule has 0 radical (unpaired) electrons. The molecule has 0 atom stereocenters. The van der Waals surface area contributed by atoms with Crippen LogP contribution >= 0.6 is 0 Å². The predicted molar refractivity (Wildman–Crippen MR) is 101 cm³/mol. The van der Waals surface area contributed by atoms with Gasteiger partial charge in [0.2, 0.25) is 5.91 Å². The summed E-state index contributed by atoms with van der Waals surface area (Å²) in [6.07, 6.45) is 0. The van der Waals surface area contributed by atoms with Crippen LogP contribution in [0.2, 0.25) is 0 Å². The summed E-state index contributed by atoms with van der Waals surface area (Å²) in [7, 11) is 0. The van der Waals surface area contributed by atoms with Gasteiger partial charge >= 0.3 is 0 Å². The molecule has 3 aromatic rings. The molecule has 25 heavy (non-hydrogen) atoms. The van der Waals surface area contributed by atoms with E-state index in [0.29, 0.717) is 6.54 Å². The fourth-order valence-corrected chi connectivity index (χ4v) is 3.48. The van der Waals surface area contributed by atoms with Crippen molar-refractivity contribution in [1.29, 1.82) is 0 Å². The number of fused-ring (bicyclic) bond motifs is 1. The quantitative estimate of drug-likeness (QED) is 0.652. The Hall–Kier alpha value is -3.13. The van der Waals surface area contributed by atoms with Gasteiger partial charge in [-0.1, -0.05) is 84.9 Å². The Balaban J connectivity index is 2.08. The normalized spacial score (nSPS) is 13.6. The molecule has 0 aliphatic carbocycles. The molecular weight excluding hydrogens is 306 g/mol. The van der Waals surface area contributed by atoms with E-state index >= 15 is 0 Å². The Labute approximate surface area is 148 Å². The smallest absolute Gasteiger partial charge is 0.224 e. The summed E-state index contributed by atoms with van der Waals surface area (Å²) < 4.78 is 0. The number of benzene rings is 3. The summed E-state index contributed by atoms with van der Waals surface area (Å²) >= 11 is 0. The lowest BCUT2D eigenvalue weighted by molar-refractivity contribution is -0.126. The van der Waals surface area contributed by atoms with Crippen molar-refractivity contribution in [2.45, 2.75) is 13.5 Å². The molecule has 2 heteroatoms. The molecule has 1 aliphatic rings. The third-order valence-electron chi connectivity index (χ3n) is 4.61. The van der Waals surface area contributed by atoms with Gasteiger partial charge in [-0.15, -0.1) is 0 Å². The first-order valence-corrected chi connectivity index (χ1v) is 8.47. The Morgan fingerprint density at radius 1 is 0.760 bits per heavy atom. The highest BCUT2D eigenvalue weighted by molar-refractivity contribution is 6.04. The highest BCUT2D eigenvalue weighted by atomic mass is 16.2. The van der Waals surface area contributed by atoms with E-state index in [1.54, 1.807) is 6.92 Å². The Kier molecular flexibility index (Phi) is 3.95. The Bertz CT molecular complexity index is 942. The molecule has 0 N–H and O–H groups in total. The molecule has 0 bridgehead atoms. The van der Waals surface area contributed by atoms with E-state index in [2.05, 4.69) is 42.5 Å². The monoisotopic (exact) mass is 325 g/mol. The number of rotatable bonds is 2. The number of nitrogens with zero attached hydrogens (tertiary/aromatic N) is 1. The number of carbonyl (C=O) groups is 1. The third-order valence-corrected chi connectivity index (χ3v) is 4.61. The summed E-state index contributed by atoms with van der Waals surface area (Å²) in [6, 6.07) is 28.9. The zero-order chi connectivity index (χ0) is 17.2. The number of hydrogen-bond acceptors (Lipinski definition) is 1. The van der Waals surface area contributed by atoms with E-state index in [9.17, 15) is 4.79 Å². The van der Waals surface area contributed by atoms with Crippen LogP contribution in [0.15, 0.2) is 84.9 Å². The lowest BCUT2D eigenvalue weighted by Crippen LogP contribution is -2.31. The summed E-state index contributed by atoms with van der Waals surface area (Å²) in [6.45, 7) is 2.24. The SMILES string of the molecule is CC(=O)N1Cc2ccccc2C(c2ccccc2)=C1c1ccccc1. The van der Waals surface area contributed by atoms with E-state index in [1.165, 1.54) is 11.1 Å². The summed E-state index contributed by atoms with van der Waals surface area (Å²) in [4.78, 5) is 14.3. The molecule has 0 aromatic heterocycles. The van der Waals surface area contributed by atoms with Crippen LogP contribution < -0.4 is 0 Å². The maximum Gasteiger partial charge on any atom is 0.224 e. The molecule has 122 valence electrons. The minimum Gasteiger partial charge on any atom is -0.307 e. The molecule has 1 heterocycles. The van der Waals surface area contributed by atoms with Crippen molar-refractivity contribution in [2.24, 2.45) is 0 Å². The van der Waals surface area contributed by atoms with Crippen LogP contribution in [0.4, 0.5) is 0 Å². The molecule has 1 amide bonds. The maximum atomic E-state index is 12.5. The zero-order valence-electron chi connectivity index (χ0n) is 14.1. The van der Waals surface area contributed by atoms with Gasteiger partial charge in [0.15, 0.2) is 0 Å². The topological polar surface area (TPSA) is 20.3 Å². The third kappa shape index (κ3) is 2.76. The highest BCUT2D eigenvalue weighted by Crippen LogP contribution is 2.40. The number of hydrogen-bond donors (Lipinski definition) is 0. The van der Waals surface area contributed by atoms with Gasteiger partial charge in [-0.05, 0) is 22.3 Å². The van der Waals surface area contributed by atoms with E-state index in [4.69, 9.17) is 0 Å². The zero-order valence-corrected chi connectivity index (χ0v) is 14.1. The van der Waals surface area contributed by atoms with Gasteiger partial charge in [0.25, 0.3) is 0 Å². The Morgan fingerprint density at radius 2 is 1.32 bits per heavy atom. The lowest BCUT2D eigenvalue weighted by Gasteiger charge is -2.33. The van der Waals surface area contributed by atoms with Gasteiger partial charge in [0.1, 0.15) is 0 Å². The molecule has 0 saturated carbocycles. The fourth-order valence-electron chi connectivity index (χ4n) is 3.48. The van der Waals surface area contributed by atoms with Crippen molar-refractivity contribution in [1.82, 2.24) is 4.90 Å². The van der Waals surface area contributed by atoms with Gasteiger partial charge in [-0.2, -0.15) is 0 Å². The molecule has 0 fully saturated rings. The fraction of sp³-hybridized carbons (Fsp3) is 0.0870. The summed E-state index contributed by atoms with van der Waals surface area (Å²) in [5.41, 5.74) is 6.66. The van der Waals surface area contributed by atoms with Crippen molar-refractivity contribution in [3.63, 3.8) is 0 Å². The molecular formula is C23H19NO. The minimum absolute atomic E-state index is 0.0572. The molecule has 0 spiro atoms. The second kappa shape index (κ2) is 6.40. The first-order chi connectivity index (χ1) is 12.3. The van der Waals surface area contributed by atoms with E-state index in [1.807, 2.05) is 47.4 Å². The second-order valence-electron chi connectivity index (χ2n) is 6.22.